The lowest BCUT2D eigenvalue weighted by Crippen LogP contribution is -1.98. The van der Waals surface area contributed by atoms with Crippen molar-refractivity contribution in [2.24, 2.45) is 0 Å². The molecule has 0 spiro atoms. The lowest BCUT2D eigenvalue weighted by molar-refractivity contribution is 0.371. The van der Waals surface area contributed by atoms with Crippen molar-refractivity contribution in [2.75, 3.05) is 0 Å². The van der Waals surface area contributed by atoms with Gasteiger partial charge in [0.1, 0.15) is 5.75 Å². The Labute approximate surface area is 138 Å². The highest BCUT2D eigenvalue weighted by Gasteiger charge is 2.19. The Kier molecular flexibility index (Phi) is 6.33. The monoisotopic (exact) mass is 314 g/mol. The quantitative estimate of drug-likeness (QED) is 0.669. The van der Waals surface area contributed by atoms with Gasteiger partial charge in [0.05, 0.1) is 0 Å². The van der Waals surface area contributed by atoms with Gasteiger partial charge in [-0.05, 0) is 49.4 Å². The molecule has 2 rings (SSSR count). The molecule has 0 amide bonds. The fourth-order valence-corrected chi connectivity index (χ4v) is 2.66. The van der Waals surface area contributed by atoms with Crippen molar-refractivity contribution in [3.63, 3.8) is 0 Å². The summed E-state index contributed by atoms with van der Waals surface area (Å²) < 4.78 is 5.72. The second kappa shape index (κ2) is 8.47. The van der Waals surface area contributed by atoms with Crippen LogP contribution in [0, 0.1) is 0 Å². The Balaban J connectivity index is 2.38. The second-order valence-electron chi connectivity index (χ2n) is 5.83. The number of aryl methyl sites for hydroxylation is 1. The van der Waals surface area contributed by atoms with Crippen LogP contribution in [0.4, 0.5) is 0 Å². The summed E-state index contributed by atoms with van der Waals surface area (Å²) in [7, 11) is 0. The predicted molar refractivity (Wildman–Crippen MR) is 93.5 cm³/mol. The molecular formula is C20H26O3. The maximum absolute atomic E-state index is 10.7. The predicted octanol–water partition coefficient (Wildman–Crippen LogP) is 5.58. The van der Waals surface area contributed by atoms with E-state index in [1.807, 2.05) is 18.2 Å². The number of phenolic OH excluding ortho intramolecular Hbond substituents is 2. The number of benzene rings is 2. The van der Waals surface area contributed by atoms with Crippen molar-refractivity contribution in [3.05, 3.63) is 47.5 Å². The van der Waals surface area contributed by atoms with Crippen LogP contribution in [0.1, 0.15) is 50.7 Å². The summed E-state index contributed by atoms with van der Waals surface area (Å²) in [5.74, 6) is 0.828. The molecule has 0 heterocycles. The number of ether oxygens (including phenoxy) is 1. The first kappa shape index (κ1) is 17.2. The van der Waals surface area contributed by atoms with Gasteiger partial charge in [-0.3, -0.25) is 0 Å². The summed E-state index contributed by atoms with van der Waals surface area (Å²) >= 11 is 0. The molecule has 0 atom stereocenters. The van der Waals surface area contributed by atoms with Crippen LogP contribution in [0.2, 0.25) is 0 Å². The number of para-hydroxylation sites is 1. The van der Waals surface area contributed by atoms with Crippen molar-refractivity contribution in [1.29, 1.82) is 0 Å². The molecular weight excluding hydrogens is 288 g/mol. The summed E-state index contributed by atoms with van der Waals surface area (Å²) in [5.41, 5.74) is 1.93. The Bertz CT molecular complexity index is 621. The van der Waals surface area contributed by atoms with Gasteiger partial charge in [-0.2, -0.15) is 0 Å². The first-order valence-electron chi connectivity index (χ1n) is 8.46. The number of aromatic hydroxyl groups is 2. The van der Waals surface area contributed by atoms with Crippen molar-refractivity contribution in [3.8, 4) is 23.0 Å². The van der Waals surface area contributed by atoms with Gasteiger partial charge in [0, 0.05) is 5.56 Å². The molecule has 23 heavy (non-hydrogen) atoms. The highest BCUT2D eigenvalue weighted by atomic mass is 16.5. The number of unbranched alkanes of at least 4 members (excludes halogenated alkanes) is 2. The van der Waals surface area contributed by atoms with Gasteiger partial charge in [0.2, 0.25) is 5.75 Å². The Morgan fingerprint density at radius 3 is 2.22 bits per heavy atom. The van der Waals surface area contributed by atoms with Gasteiger partial charge >= 0.3 is 0 Å². The van der Waals surface area contributed by atoms with E-state index in [1.54, 1.807) is 18.2 Å². The fraction of sp³-hybridized carbons (Fsp3) is 0.400. The van der Waals surface area contributed by atoms with E-state index in [4.69, 9.17) is 4.74 Å². The molecule has 0 aromatic heterocycles. The molecule has 0 aliphatic rings. The topological polar surface area (TPSA) is 49.7 Å². The molecule has 0 saturated heterocycles. The van der Waals surface area contributed by atoms with E-state index in [0.717, 1.165) is 49.7 Å². The van der Waals surface area contributed by atoms with Crippen molar-refractivity contribution in [2.45, 2.75) is 52.4 Å². The highest BCUT2D eigenvalue weighted by molar-refractivity contribution is 5.59. The van der Waals surface area contributed by atoms with Crippen LogP contribution in [-0.4, -0.2) is 10.2 Å². The first-order chi connectivity index (χ1) is 11.2. The summed E-state index contributed by atoms with van der Waals surface area (Å²) in [6, 6.07) is 11.0. The van der Waals surface area contributed by atoms with Crippen LogP contribution < -0.4 is 4.74 Å². The van der Waals surface area contributed by atoms with Crippen LogP contribution >= 0.6 is 0 Å². The summed E-state index contributed by atoms with van der Waals surface area (Å²) in [6.07, 6.45) is 5.84. The Morgan fingerprint density at radius 2 is 1.57 bits per heavy atom. The second-order valence-corrected chi connectivity index (χ2v) is 5.83. The van der Waals surface area contributed by atoms with Crippen LogP contribution in [0.3, 0.4) is 0 Å². The van der Waals surface area contributed by atoms with E-state index >= 15 is 0 Å². The van der Waals surface area contributed by atoms with Crippen LogP contribution in [0.25, 0.3) is 0 Å². The van der Waals surface area contributed by atoms with E-state index < -0.39 is 0 Å². The molecule has 124 valence electrons. The molecule has 2 aromatic carbocycles. The summed E-state index contributed by atoms with van der Waals surface area (Å²) in [4.78, 5) is 0. The third-order valence-electron chi connectivity index (χ3n) is 3.98. The van der Waals surface area contributed by atoms with Gasteiger partial charge in [-0.15, -0.1) is 0 Å². The third kappa shape index (κ3) is 4.41. The van der Waals surface area contributed by atoms with Crippen molar-refractivity contribution < 1.29 is 14.9 Å². The highest BCUT2D eigenvalue weighted by Crippen LogP contribution is 2.44. The maximum atomic E-state index is 10.7. The fourth-order valence-electron chi connectivity index (χ4n) is 2.66. The molecule has 3 nitrogen and oxygen atoms in total. The van der Waals surface area contributed by atoms with Crippen molar-refractivity contribution >= 4 is 0 Å². The minimum Gasteiger partial charge on any atom is -0.504 e. The molecule has 0 radical (unpaired) electrons. The number of rotatable bonds is 8. The van der Waals surface area contributed by atoms with Gasteiger partial charge < -0.3 is 14.9 Å². The van der Waals surface area contributed by atoms with Crippen LogP contribution in [0.15, 0.2) is 36.4 Å². The van der Waals surface area contributed by atoms with Crippen molar-refractivity contribution in [1.82, 2.24) is 0 Å². The third-order valence-corrected chi connectivity index (χ3v) is 3.98. The molecule has 0 unspecified atom stereocenters. The lowest BCUT2D eigenvalue weighted by Gasteiger charge is -2.17. The Hall–Kier alpha value is -2.16. The zero-order valence-electron chi connectivity index (χ0n) is 14.0. The lowest BCUT2D eigenvalue weighted by atomic mass is 9.96. The van der Waals surface area contributed by atoms with Crippen LogP contribution in [0.5, 0.6) is 23.0 Å². The molecule has 0 fully saturated rings. The van der Waals surface area contributed by atoms with E-state index in [9.17, 15) is 10.2 Å². The molecule has 0 aliphatic carbocycles. The smallest absolute Gasteiger partial charge is 0.210 e. The molecule has 0 bridgehead atoms. The van der Waals surface area contributed by atoms with E-state index in [0.29, 0.717) is 5.75 Å². The van der Waals surface area contributed by atoms with Gasteiger partial charge in [-0.1, -0.05) is 44.9 Å². The first-order valence-corrected chi connectivity index (χ1v) is 8.46. The normalized spacial score (nSPS) is 10.7. The van der Waals surface area contributed by atoms with E-state index in [-0.39, 0.29) is 17.2 Å². The average molecular weight is 314 g/mol. The molecule has 2 N–H and O–H groups in total. The zero-order chi connectivity index (χ0) is 16.7. The molecule has 0 saturated carbocycles. The number of phenols is 2. The summed E-state index contributed by atoms with van der Waals surface area (Å²) in [6.45, 7) is 4.27. The largest absolute Gasteiger partial charge is 0.504 e. The number of hydrogen-bond donors (Lipinski definition) is 2. The molecule has 3 heteroatoms. The van der Waals surface area contributed by atoms with Gasteiger partial charge in [-0.25, -0.2) is 0 Å². The van der Waals surface area contributed by atoms with E-state index in [1.165, 1.54) is 0 Å². The zero-order valence-corrected chi connectivity index (χ0v) is 14.0. The molecule has 0 aliphatic heterocycles. The van der Waals surface area contributed by atoms with Gasteiger partial charge in [0.25, 0.3) is 0 Å². The Morgan fingerprint density at radius 1 is 0.913 bits per heavy atom. The summed E-state index contributed by atoms with van der Waals surface area (Å²) in [5, 5.41) is 21.0. The maximum Gasteiger partial charge on any atom is 0.210 e. The van der Waals surface area contributed by atoms with Crippen LogP contribution in [-0.2, 0) is 12.8 Å². The molecule has 2 aromatic rings. The minimum atomic E-state index is -0.00213. The SMILES string of the molecule is CCCCc1cc(O)c(Oc2ccccc2)c(O)c1CCCC. The minimum absolute atomic E-state index is 0.00213. The van der Waals surface area contributed by atoms with E-state index in [2.05, 4.69) is 13.8 Å². The number of hydrogen-bond acceptors (Lipinski definition) is 3. The standard InChI is InChI=1S/C20H26O3/c1-3-5-10-15-14-18(21)20(19(22)17(15)13-6-4-2)23-16-11-8-7-9-12-16/h7-9,11-12,14,21-22H,3-6,10,13H2,1-2H3. The van der Waals surface area contributed by atoms with Gasteiger partial charge in [0.15, 0.2) is 11.5 Å². The average Bonchev–Trinajstić information content (AvgIpc) is 2.57.